The number of thiophene rings is 1. The van der Waals surface area contributed by atoms with Crippen LogP contribution in [0.4, 0.5) is 5.82 Å². The Labute approximate surface area is 181 Å². The number of nitrogens with zero attached hydrogens (tertiary/aromatic N) is 4. The summed E-state index contributed by atoms with van der Waals surface area (Å²) >= 11 is 1.74. The van der Waals surface area contributed by atoms with Crippen LogP contribution in [-0.4, -0.2) is 53.6 Å². The first kappa shape index (κ1) is 20.6. The summed E-state index contributed by atoms with van der Waals surface area (Å²) in [6.07, 6.45) is 1.00. The van der Waals surface area contributed by atoms with Crippen molar-refractivity contribution in [2.45, 2.75) is 34.1 Å². The Morgan fingerprint density at radius 2 is 1.80 bits per heavy atom. The second kappa shape index (κ2) is 8.60. The number of benzene rings is 1. The van der Waals surface area contributed by atoms with Crippen molar-refractivity contribution in [2.75, 3.05) is 37.7 Å². The lowest BCUT2D eigenvalue weighted by atomic mass is 10.1. The fourth-order valence-corrected chi connectivity index (χ4v) is 4.90. The van der Waals surface area contributed by atoms with Crippen molar-refractivity contribution in [3.8, 4) is 5.75 Å². The molecule has 1 fully saturated rings. The summed E-state index contributed by atoms with van der Waals surface area (Å²) in [7, 11) is 0. The van der Waals surface area contributed by atoms with E-state index < -0.39 is 0 Å². The van der Waals surface area contributed by atoms with Crippen molar-refractivity contribution in [3.05, 3.63) is 46.1 Å². The van der Waals surface area contributed by atoms with Gasteiger partial charge in [0.25, 0.3) is 5.91 Å². The van der Waals surface area contributed by atoms with Gasteiger partial charge < -0.3 is 14.5 Å². The van der Waals surface area contributed by atoms with Crippen LogP contribution in [0.3, 0.4) is 0 Å². The second-order valence-electron chi connectivity index (χ2n) is 7.76. The highest BCUT2D eigenvalue weighted by molar-refractivity contribution is 7.18. The fourth-order valence-electron chi connectivity index (χ4n) is 3.89. The molecule has 1 amide bonds. The minimum Gasteiger partial charge on any atom is -0.483 e. The van der Waals surface area contributed by atoms with Gasteiger partial charge in [0.2, 0.25) is 0 Å². The number of aryl methyl sites for hydroxylation is 4. The molecule has 0 saturated carbocycles. The molecular formula is C23H28N4O2S. The van der Waals surface area contributed by atoms with Crippen molar-refractivity contribution >= 4 is 33.3 Å². The highest BCUT2D eigenvalue weighted by Gasteiger charge is 2.24. The van der Waals surface area contributed by atoms with Gasteiger partial charge in [-0.15, -0.1) is 11.3 Å². The predicted molar refractivity (Wildman–Crippen MR) is 122 cm³/mol. The van der Waals surface area contributed by atoms with Crippen molar-refractivity contribution in [2.24, 2.45) is 0 Å². The number of hydrogen-bond acceptors (Lipinski definition) is 6. The normalized spacial score (nSPS) is 14.4. The highest BCUT2D eigenvalue weighted by atomic mass is 32.1. The number of piperazine rings is 1. The SMILES string of the molecule is CCc1cc2c(N3CCN(C(=O)COc4c(C)cccc4C)CC3)nc(C)nc2s1. The first-order valence-electron chi connectivity index (χ1n) is 10.4. The van der Waals surface area contributed by atoms with Crippen LogP contribution in [-0.2, 0) is 11.2 Å². The molecule has 0 bridgehead atoms. The largest absolute Gasteiger partial charge is 0.483 e. The first-order valence-corrected chi connectivity index (χ1v) is 11.3. The summed E-state index contributed by atoms with van der Waals surface area (Å²) in [4.78, 5) is 28.6. The predicted octanol–water partition coefficient (Wildman–Crippen LogP) is 3.91. The average molecular weight is 425 g/mol. The molecule has 30 heavy (non-hydrogen) atoms. The number of ether oxygens (including phenoxy) is 1. The third-order valence-corrected chi connectivity index (χ3v) is 6.74. The smallest absolute Gasteiger partial charge is 0.260 e. The number of carbonyl (C=O) groups is 1. The van der Waals surface area contributed by atoms with Crippen molar-refractivity contribution < 1.29 is 9.53 Å². The lowest BCUT2D eigenvalue weighted by Gasteiger charge is -2.35. The van der Waals surface area contributed by atoms with Crippen LogP contribution < -0.4 is 9.64 Å². The molecule has 0 radical (unpaired) electrons. The second-order valence-corrected chi connectivity index (χ2v) is 8.87. The van der Waals surface area contributed by atoms with E-state index in [1.54, 1.807) is 11.3 Å². The molecule has 3 heterocycles. The van der Waals surface area contributed by atoms with Crippen LogP contribution in [0.5, 0.6) is 5.75 Å². The summed E-state index contributed by atoms with van der Waals surface area (Å²) in [6, 6.07) is 8.22. The van der Waals surface area contributed by atoms with Crippen LogP contribution >= 0.6 is 11.3 Å². The standard InChI is InChI=1S/C23H28N4O2S/c1-5-18-13-19-22(24-17(4)25-23(19)30-18)27-11-9-26(10-12-27)20(28)14-29-21-15(2)7-6-8-16(21)3/h6-8,13H,5,9-12,14H2,1-4H3. The van der Waals surface area contributed by atoms with E-state index in [0.717, 1.165) is 58.2 Å². The topological polar surface area (TPSA) is 58.6 Å². The highest BCUT2D eigenvalue weighted by Crippen LogP contribution is 2.32. The molecule has 1 aromatic carbocycles. The molecule has 7 heteroatoms. The van der Waals surface area contributed by atoms with Gasteiger partial charge >= 0.3 is 0 Å². The molecule has 0 unspecified atom stereocenters. The molecule has 6 nitrogen and oxygen atoms in total. The van der Waals surface area contributed by atoms with Crippen molar-refractivity contribution in [3.63, 3.8) is 0 Å². The van der Waals surface area contributed by atoms with Gasteiger partial charge in [-0.05, 0) is 44.4 Å². The minimum absolute atomic E-state index is 0.0325. The summed E-state index contributed by atoms with van der Waals surface area (Å²) in [5.74, 6) is 2.63. The lowest BCUT2D eigenvalue weighted by Crippen LogP contribution is -2.50. The Morgan fingerprint density at radius 1 is 1.10 bits per heavy atom. The number of aromatic nitrogens is 2. The molecule has 1 aliphatic rings. The number of anilines is 1. The van der Waals surface area contributed by atoms with Crippen LogP contribution in [0, 0.1) is 20.8 Å². The molecule has 0 atom stereocenters. The molecule has 0 spiro atoms. The van der Waals surface area contributed by atoms with Crippen LogP contribution in [0.1, 0.15) is 28.8 Å². The maximum Gasteiger partial charge on any atom is 0.260 e. The third-order valence-electron chi connectivity index (χ3n) is 5.56. The van der Waals surface area contributed by atoms with Gasteiger partial charge in [0.1, 0.15) is 22.2 Å². The Balaban J connectivity index is 1.41. The maximum absolute atomic E-state index is 12.7. The minimum atomic E-state index is 0.0325. The monoisotopic (exact) mass is 424 g/mol. The Hall–Kier alpha value is -2.67. The fraction of sp³-hybridized carbons (Fsp3) is 0.435. The van der Waals surface area contributed by atoms with Crippen molar-refractivity contribution in [1.82, 2.24) is 14.9 Å². The van der Waals surface area contributed by atoms with Gasteiger partial charge in [-0.2, -0.15) is 0 Å². The molecule has 0 aliphatic carbocycles. The van der Waals surface area contributed by atoms with Gasteiger partial charge in [-0.25, -0.2) is 9.97 Å². The molecule has 3 aromatic rings. The Morgan fingerprint density at radius 3 is 2.47 bits per heavy atom. The maximum atomic E-state index is 12.7. The zero-order chi connectivity index (χ0) is 21.3. The van der Waals surface area contributed by atoms with Crippen LogP contribution in [0.25, 0.3) is 10.2 Å². The molecular weight excluding hydrogens is 396 g/mol. The number of carbonyl (C=O) groups excluding carboxylic acids is 1. The van der Waals surface area contributed by atoms with Gasteiger partial charge in [0, 0.05) is 31.1 Å². The van der Waals surface area contributed by atoms with Crippen molar-refractivity contribution in [1.29, 1.82) is 0 Å². The van der Waals surface area contributed by atoms with Gasteiger partial charge in [-0.1, -0.05) is 25.1 Å². The number of hydrogen-bond donors (Lipinski definition) is 0. The van der Waals surface area contributed by atoms with Crippen LogP contribution in [0.2, 0.25) is 0 Å². The third kappa shape index (κ3) is 4.12. The number of fused-ring (bicyclic) bond motifs is 1. The molecule has 158 valence electrons. The van der Waals surface area contributed by atoms with E-state index in [-0.39, 0.29) is 12.5 Å². The van der Waals surface area contributed by atoms with Crippen LogP contribution in [0.15, 0.2) is 24.3 Å². The molecule has 0 N–H and O–H groups in total. The molecule has 2 aromatic heterocycles. The van der Waals surface area contributed by atoms with E-state index in [0.29, 0.717) is 13.1 Å². The lowest BCUT2D eigenvalue weighted by molar-refractivity contribution is -0.133. The Kier molecular flexibility index (Phi) is 5.90. The Bertz CT molecular complexity index is 1050. The van der Waals surface area contributed by atoms with E-state index in [4.69, 9.17) is 9.72 Å². The van der Waals surface area contributed by atoms with E-state index in [1.807, 2.05) is 43.9 Å². The molecule has 4 rings (SSSR count). The number of para-hydroxylation sites is 1. The molecule has 1 saturated heterocycles. The van der Waals surface area contributed by atoms with E-state index in [1.165, 1.54) is 4.88 Å². The summed E-state index contributed by atoms with van der Waals surface area (Å²) in [5.41, 5.74) is 2.11. The molecule has 1 aliphatic heterocycles. The summed E-state index contributed by atoms with van der Waals surface area (Å²) < 4.78 is 5.86. The van der Waals surface area contributed by atoms with Gasteiger partial charge in [0.15, 0.2) is 6.61 Å². The van der Waals surface area contributed by atoms with E-state index in [2.05, 4.69) is 22.9 Å². The number of rotatable bonds is 5. The first-order chi connectivity index (χ1) is 14.5. The van der Waals surface area contributed by atoms with Gasteiger partial charge in [0.05, 0.1) is 5.39 Å². The summed E-state index contributed by atoms with van der Waals surface area (Å²) in [5, 5.41) is 1.13. The zero-order valence-corrected chi connectivity index (χ0v) is 18.9. The van der Waals surface area contributed by atoms with E-state index >= 15 is 0 Å². The van der Waals surface area contributed by atoms with Gasteiger partial charge in [-0.3, -0.25) is 4.79 Å². The number of amides is 1. The summed E-state index contributed by atoms with van der Waals surface area (Å²) in [6.45, 7) is 11.1. The average Bonchev–Trinajstić information content (AvgIpc) is 3.16. The van der Waals surface area contributed by atoms with E-state index in [9.17, 15) is 4.79 Å². The zero-order valence-electron chi connectivity index (χ0n) is 18.1. The quantitative estimate of drug-likeness (QED) is 0.622.